The number of aromatic carboxylic acids is 1. The Labute approximate surface area is 131 Å². The molecule has 22 heavy (non-hydrogen) atoms. The Balaban J connectivity index is 2.33. The fraction of sp³-hybridized carbons (Fsp3) is 0.0625. The SMILES string of the molecule is COc1ccc(Cl)c(-c2ccc(C(=O)O)c3nccnc23)c1. The topological polar surface area (TPSA) is 72.3 Å². The number of methoxy groups -OCH3 is 1. The first kappa shape index (κ1) is 14.3. The molecule has 0 fully saturated rings. The van der Waals surface area contributed by atoms with E-state index in [4.69, 9.17) is 16.3 Å². The summed E-state index contributed by atoms with van der Waals surface area (Å²) in [6.45, 7) is 0. The molecule has 0 bridgehead atoms. The molecule has 1 N–H and O–H groups in total. The third kappa shape index (κ3) is 2.35. The Morgan fingerprint density at radius 3 is 2.50 bits per heavy atom. The number of halogens is 1. The van der Waals surface area contributed by atoms with E-state index in [-0.39, 0.29) is 5.56 Å². The minimum absolute atomic E-state index is 0.103. The maximum absolute atomic E-state index is 11.3. The molecule has 0 aliphatic carbocycles. The molecular formula is C16H11ClN2O3. The summed E-state index contributed by atoms with van der Waals surface area (Å²) in [5, 5.41) is 9.79. The molecule has 110 valence electrons. The summed E-state index contributed by atoms with van der Waals surface area (Å²) in [7, 11) is 1.57. The third-order valence-corrected chi connectivity index (χ3v) is 3.65. The zero-order valence-electron chi connectivity index (χ0n) is 11.6. The highest BCUT2D eigenvalue weighted by Gasteiger charge is 2.16. The maximum atomic E-state index is 11.3. The molecule has 0 unspecified atom stereocenters. The molecule has 6 heteroatoms. The zero-order valence-corrected chi connectivity index (χ0v) is 12.3. The lowest BCUT2D eigenvalue weighted by Gasteiger charge is -2.10. The average molecular weight is 315 g/mol. The molecule has 0 aliphatic heterocycles. The largest absolute Gasteiger partial charge is 0.497 e. The molecule has 0 spiro atoms. The molecule has 0 radical (unpaired) electrons. The van der Waals surface area contributed by atoms with Gasteiger partial charge in [-0.2, -0.15) is 0 Å². The van der Waals surface area contributed by atoms with Crippen molar-refractivity contribution in [1.29, 1.82) is 0 Å². The van der Waals surface area contributed by atoms with Gasteiger partial charge in [0.1, 0.15) is 11.3 Å². The van der Waals surface area contributed by atoms with Crippen LogP contribution in [0.1, 0.15) is 10.4 Å². The van der Waals surface area contributed by atoms with Crippen molar-refractivity contribution in [3.05, 3.63) is 53.3 Å². The summed E-state index contributed by atoms with van der Waals surface area (Å²) >= 11 is 6.27. The number of nitrogens with zero attached hydrogens (tertiary/aromatic N) is 2. The van der Waals surface area contributed by atoms with E-state index in [1.165, 1.54) is 18.5 Å². The van der Waals surface area contributed by atoms with Crippen LogP contribution in [0.3, 0.4) is 0 Å². The predicted molar refractivity (Wildman–Crippen MR) is 83.5 cm³/mol. The molecule has 0 amide bonds. The Bertz CT molecular complexity index is 880. The van der Waals surface area contributed by atoms with E-state index < -0.39 is 5.97 Å². The Morgan fingerprint density at radius 2 is 1.82 bits per heavy atom. The first-order valence-electron chi connectivity index (χ1n) is 6.42. The molecule has 0 saturated heterocycles. The van der Waals surface area contributed by atoms with E-state index in [1.807, 2.05) is 0 Å². The van der Waals surface area contributed by atoms with E-state index in [0.717, 1.165) is 0 Å². The van der Waals surface area contributed by atoms with Crippen LogP contribution in [0.5, 0.6) is 5.75 Å². The third-order valence-electron chi connectivity index (χ3n) is 3.32. The fourth-order valence-corrected chi connectivity index (χ4v) is 2.50. The van der Waals surface area contributed by atoms with Gasteiger partial charge in [-0.05, 0) is 24.3 Å². The van der Waals surface area contributed by atoms with Crippen LogP contribution >= 0.6 is 11.6 Å². The molecule has 5 nitrogen and oxygen atoms in total. The number of hydrogen-bond donors (Lipinski definition) is 1. The van der Waals surface area contributed by atoms with Gasteiger partial charge < -0.3 is 9.84 Å². The first-order valence-corrected chi connectivity index (χ1v) is 6.80. The molecule has 0 aliphatic rings. The van der Waals surface area contributed by atoms with Crippen LogP contribution in [0.4, 0.5) is 0 Å². The van der Waals surface area contributed by atoms with Crippen LogP contribution in [0.2, 0.25) is 5.02 Å². The van der Waals surface area contributed by atoms with Crippen molar-refractivity contribution in [1.82, 2.24) is 9.97 Å². The van der Waals surface area contributed by atoms with Crippen molar-refractivity contribution in [3.63, 3.8) is 0 Å². The van der Waals surface area contributed by atoms with Crippen molar-refractivity contribution >= 4 is 28.6 Å². The number of fused-ring (bicyclic) bond motifs is 1. The lowest BCUT2D eigenvalue weighted by molar-refractivity contribution is 0.0699. The highest BCUT2D eigenvalue weighted by Crippen LogP contribution is 2.35. The van der Waals surface area contributed by atoms with Gasteiger partial charge >= 0.3 is 5.97 Å². The van der Waals surface area contributed by atoms with Crippen molar-refractivity contribution < 1.29 is 14.6 Å². The van der Waals surface area contributed by atoms with Gasteiger partial charge in [-0.1, -0.05) is 17.7 Å². The summed E-state index contributed by atoms with van der Waals surface area (Å²) in [6.07, 6.45) is 2.98. The smallest absolute Gasteiger partial charge is 0.337 e. The lowest BCUT2D eigenvalue weighted by atomic mass is 10.0. The monoisotopic (exact) mass is 314 g/mol. The van der Waals surface area contributed by atoms with Crippen molar-refractivity contribution in [2.24, 2.45) is 0 Å². The summed E-state index contributed by atoms with van der Waals surface area (Å²) in [4.78, 5) is 19.7. The molecule has 3 rings (SSSR count). The van der Waals surface area contributed by atoms with Crippen LogP contribution in [-0.2, 0) is 0 Å². The quantitative estimate of drug-likeness (QED) is 0.798. The zero-order chi connectivity index (χ0) is 15.7. The number of aromatic nitrogens is 2. The highest BCUT2D eigenvalue weighted by atomic mass is 35.5. The van der Waals surface area contributed by atoms with Gasteiger partial charge in [0.05, 0.1) is 18.2 Å². The molecule has 1 aromatic heterocycles. The predicted octanol–water partition coefficient (Wildman–Crippen LogP) is 3.66. The maximum Gasteiger partial charge on any atom is 0.337 e. The standard InChI is InChI=1S/C16H11ClN2O3/c1-22-9-2-5-13(17)12(8-9)10-3-4-11(16(20)21)15-14(10)18-6-7-19-15/h2-8H,1H3,(H,20,21). The Kier molecular flexibility index (Phi) is 3.65. The molecule has 2 aromatic carbocycles. The number of rotatable bonds is 3. The van der Waals surface area contributed by atoms with E-state index in [0.29, 0.717) is 32.9 Å². The Morgan fingerprint density at radius 1 is 1.09 bits per heavy atom. The normalized spacial score (nSPS) is 10.6. The summed E-state index contributed by atoms with van der Waals surface area (Å²) in [5.41, 5.74) is 2.33. The number of benzene rings is 2. The minimum atomic E-state index is -1.05. The van der Waals surface area contributed by atoms with Crippen LogP contribution in [-0.4, -0.2) is 28.2 Å². The summed E-state index contributed by atoms with van der Waals surface area (Å²) in [5.74, 6) is -0.396. The molecule has 0 atom stereocenters. The van der Waals surface area contributed by atoms with Crippen molar-refractivity contribution in [3.8, 4) is 16.9 Å². The highest BCUT2D eigenvalue weighted by molar-refractivity contribution is 6.33. The first-order chi connectivity index (χ1) is 10.6. The number of carboxylic acids is 1. The summed E-state index contributed by atoms with van der Waals surface area (Å²) in [6, 6.07) is 8.45. The van der Waals surface area contributed by atoms with Crippen molar-refractivity contribution in [2.45, 2.75) is 0 Å². The second kappa shape index (κ2) is 5.61. The number of ether oxygens (including phenoxy) is 1. The Hall–Kier alpha value is -2.66. The van der Waals surface area contributed by atoms with Crippen LogP contribution in [0.15, 0.2) is 42.7 Å². The molecule has 3 aromatic rings. The van der Waals surface area contributed by atoms with Crippen molar-refractivity contribution in [2.75, 3.05) is 7.11 Å². The van der Waals surface area contributed by atoms with Gasteiger partial charge in [-0.25, -0.2) is 4.79 Å². The second-order valence-electron chi connectivity index (χ2n) is 4.57. The van der Waals surface area contributed by atoms with Crippen LogP contribution < -0.4 is 4.74 Å². The van der Waals surface area contributed by atoms with Gasteiger partial charge in [0.15, 0.2) is 0 Å². The number of carbonyl (C=O) groups is 1. The summed E-state index contributed by atoms with van der Waals surface area (Å²) < 4.78 is 5.22. The lowest BCUT2D eigenvalue weighted by Crippen LogP contribution is -2.00. The molecular weight excluding hydrogens is 304 g/mol. The van der Waals surface area contributed by atoms with Crippen LogP contribution in [0, 0.1) is 0 Å². The minimum Gasteiger partial charge on any atom is -0.497 e. The van der Waals surface area contributed by atoms with E-state index in [9.17, 15) is 9.90 Å². The number of hydrogen-bond acceptors (Lipinski definition) is 4. The second-order valence-corrected chi connectivity index (χ2v) is 4.97. The molecule has 1 heterocycles. The number of carboxylic acid groups (broad SMARTS) is 1. The fourth-order valence-electron chi connectivity index (χ4n) is 2.28. The van der Waals surface area contributed by atoms with E-state index >= 15 is 0 Å². The van der Waals surface area contributed by atoms with Gasteiger partial charge in [-0.15, -0.1) is 0 Å². The van der Waals surface area contributed by atoms with Gasteiger partial charge in [-0.3, -0.25) is 9.97 Å². The van der Waals surface area contributed by atoms with E-state index in [2.05, 4.69) is 9.97 Å². The van der Waals surface area contributed by atoms with Gasteiger partial charge in [0, 0.05) is 28.5 Å². The van der Waals surface area contributed by atoms with Crippen LogP contribution in [0.25, 0.3) is 22.2 Å². The average Bonchev–Trinajstić information content (AvgIpc) is 2.54. The van der Waals surface area contributed by atoms with Gasteiger partial charge in [0.25, 0.3) is 0 Å². The van der Waals surface area contributed by atoms with Gasteiger partial charge in [0.2, 0.25) is 0 Å². The molecule has 0 saturated carbocycles. The van der Waals surface area contributed by atoms with E-state index in [1.54, 1.807) is 31.4 Å².